The highest BCUT2D eigenvalue weighted by Gasteiger charge is 2.57. The van der Waals surface area contributed by atoms with Gasteiger partial charge in [0.2, 0.25) is 0 Å². The molecule has 0 saturated carbocycles. The van der Waals surface area contributed by atoms with Gasteiger partial charge in [0.1, 0.15) is 37.0 Å². The molecule has 0 unspecified atom stereocenters. The summed E-state index contributed by atoms with van der Waals surface area (Å²) in [6, 6.07) is 8.85. The highest BCUT2D eigenvalue weighted by atomic mass is 32.2. The Morgan fingerprint density at radius 2 is 0.940 bits per heavy atom. The summed E-state index contributed by atoms with van der Waals surface area (Å²) in [5, 5.41) is 0. The molecule has 0 spiro atoms. The number of esters is 7. The average Bonchev–Trinajstić information content (AvgIpc) is 3.00. The second kappa shape index (κ2) is 18.7. The van der Waals surface area contributed by atoms with Gasteiger partial charge in [-0.25, -0.2) is 0 Å². The summed E-state index contributed by atoms with van der Waals surface area (Å²) in [5.74, 6) is -5.63. The zero-order valence-electron chi connectivity index (χ0n) is 28.4. The molecule has 2 fully saturated rings. The van der Waals surface area contributed by atoms with Gasteiger partial charge in [-0.2, -0.15) is 0 Å². The highest BCUT2D eigenvalue weighted by Crippen LogP contribution is 2.39. The normalized spacial score (nSPS) is 29.0. The van der Waals surface area contributed by atoms with Gasteiger partial charge in [-0.1, -0.05) is 30.0 Å². The smallest absolute Gasteiger partial charge is 0.303 e. The van der Waals surface area contributed by atoms with Gasteiger partial charge >= 0.3 is 41.8 Å². The number of carbonyl (C=O) groups excluding carboxylic acids is 7. The van der Waals surface area contributed by atoms with Crippen LogP contribution in [-0.4, -0.2) is 116 Å². The quantitative estimate of drug-likeness (QED) is 0.207. The van der Waals surface area contributed by atoms with Crippen LogP contribution >= 0.6 is 11.8 Å². The van der Waals surface area contributed by atoms with Crippen LogP contribution in [0.4, 0.5) is 0 Å². The molecule has 1 aromatic carbocycles. The minimum absolute atomic E-state index is 0.471. The standard InChI is InChI=1S/C32H40O17S/c1-15(33)40-13-23-25(42-17(3)35)27(43-18(4)36)29(45-20(6)38)31(47-23)49-26-24(14-41-16(2)34)48-32(50-22-11-9-8-10-12-22)30(46-21(7)39)28(26)44-19(5)37/h8-12,23-32H,13-14H2,1-7H3/t23-,24-,25-,26+,27+,28+,29-,30-,31+,32+/m1/s1. The maximum absolute atomic E-state index is 12.5. The summed E-state index contributed by atoms with van der Waals surface area (Å²) in [7, 11) is 0. The van der Waals surface area contributed by atoms with E-state index < -0.39 is 116 Å². The molecule has 0 radical (unpaired) electrons. The lowest BCUT2D eigenvalue weighted by Gasteiger charge is -2.48. The van der Waals surface area contributed by atoms with Crippen LogP contribution in [0.5, 0.6) is 0 Å². The van der Waals surface area contributed by atoms with Gasteiger partial charge in [0.15, 0.2) is 36.8 Å². The Labute approximate surface area is 291 Å². The Bertz CT molecular complexity index is 1390. The molecular weight excluding hydrogens is 688 g/mol. The Morgan fingerprint density at radius 3 is 1.42 bits per heavy atom. The maximum atomic E-state index is 12.5. The molecule has 0 aromatic heterocycles. The van der Waals surface area contributed by atoms with Crippen LogP contribution in [0.2, 0.25) is 0 Å². The van der Waals surface area contributed by atoms with E-state index in [0.717, 1.165) is 60.2 Å². The van der Waals surface area contributed by atoms with Gasteiger partial charge in [0, 0.05) is 53.4 Å². The van der Waals surface area contributed by atoms with Crippen LogP contribution in [0, 0.1) is 0 Å². The van der Waals surface area contributed by atoms with Gasteiger partial charge in [-0.3, -0.25) is 33.6 Å². The summed E-state index contributed by atoms with van der Waals surface area (Å²) in [5.41, 5.74) is -1.05. The summed E-state index contributed by atoms with van der Waals surface area (Å²) in [6.07, 6.45) is -13.4. The molecule has 3 rings (SSSR count). The SMILES string of the molecule is CC(=O)OC[C@H]1O[C@@H](Sc2ccccc2)[C@H](OC(C)=O)[C@@H](OC(C)=O)[C@H]1O[C@@H]1O[C@H](COC(C)=O)[C@@H](OC(C)=O)[C@H](OC(C)=O)[C@H]1OC(C)=O. The molecule has 2 aliphatic heterocycles. The first-order valence-corrected chi connectivity index (χ1v) is 16.2. The highest BCUT2D eigenvalue weighted by molar-refractivity contribution is 7.99. The third kappa shape index (κ3) is 12.0. The van der Waals surface area contributed by atoms with Gasteiger partial charge < -0.3 is 47.4 Å². The molecule has 50 heavy (non-hydrogen) atoms. The molecule has 0 aliphatic carbocycles. The molecule has 0 amide bonds. The molecule has 1 aromatic rings. The molecular formula is C32H40O17S. The maximum Gasteiger partial charge on any atom is 0.303 e. The molecule has 18 heteroatoms. The van der Waals surface area contributed by atoms with Gasteiger partial charge in [0.05, 0.1) is 0 Å². The Hall–Kier alpha value is -4.26. The molecule has 17 nitrogen and oxygen atoms in total. The first-order valence-electron chi connectivity index (χ1n) is 15.4. The van der Waals surface area contributed by atoms with E-state index in [1.807, 2.05) is 0 Å². The van der Waals surface area contributed by atoms with Crippen molar-refractivity contribution in [2.45, 2.75) is 114 Å². The molecule has 276 valence electrons. The van der Waals surface area contributed by atoms with Crippen molar-refractivity contribution in [3.63, 3.8) is 0 Å². The Kier molecular flexibility index (Phi) is 15.0. The van der Waals surface area contributed by atoms with E-state index >= 15 is 0 Å². The molecule has 0 bridgehead atoms. The minimum atomic E-state index is -1.75. The van der Waals surface area contributed by atoms with Crippen LogP contribution in [-0.2, 0) is 80.9 Å². The van der Waals surface area contributed by atoms with E-state index in [-0.39, 0.29) is 0 Å². The fourth-order valence-electron chi connectivity index (χ4n) is 5.20. The van der Waals surface area contributed by atoms with E-state index in [1.165, 1.54) is 0 Å². The van der Waals surface area contributed by atoms with Crippen LogP contribution in [0.15, 0.2) is 35.2 Å². The first kappa shape index (κ1) is 40.2. The lowest BCUT2D eigenvalue weighted by atomic mass is 9.96. The third-order valence-corrected chi connectivity index (χ3v) is 8.04. The number of hydrogen-bond acceptors (Lipinski definition) is 18. The van der Waals surface area contributed by atoms with Gasteiger partial charge in [-0.05, 0) is 12.1 Å². The second-order valence-electron chi connectivity index (χ2n) is 11.1. The Morgan fingerprint density at radius 1 is 0.520 bits per heavy atom. The van der Waals surface area contributed by atoms with Crippen LogP contribution < -0.4 is 0 Å². The van der Waals surface area contributed by atoms with E-state index in [2.05, 4.69) is 0 Å². The predicted molar refractivity (Wildman–Crippen MR) is 166 cm³/mol. The van der Waals surface area contributed by atoms with Crippen LogP contribution in [0.1, 0.15) is 48.5 Å². The molecule has 2 heterocycles. The minimum Gasteiger partial charge on any atom is -0.463 e. The number of thioether (sulfide) groups is 1. The third-order valence-electron chi connectivity index (χ3n) is 6.88. The second-order valence-corrected chi connectivity index (χ2v) is 12.3. The van der Waals surface area contributed by atoms with Crippen molar-refractivity contribution in [3.8, 4) is 0 Å². The summed E-state index contributed by atoms with van der Waals surface area (Å²) < 4.78 is 56.8. The van der Waals surface area contributed by atoms with Crippen molar-refractivity contribution in [2.24, 2.45) is 0 Å². The summed E-state index contributed by atoms with van der Waals surface area (Å²) in [4.78, 5) is 86.2. The lowest BCUT2D eigenvalue weighted by molar-refractivity contribution is -0.341. The van der Waals surface area contributed by atoms with Gasteiger partial charge in [0.25, 0.3) is 0 Å². The molecule has 0 N–H and O–H groups in total. The van der Waals surface area contributed by atoms with Gasteiger partial charge in [-0.15, -0.1) is 0 Å². The predicted octanol–water partition coefficient (Wildman–Crippen LogP) is 1.40. The zero-order chi connectivity index (χ0) is 37.1. The van der Waals surface area contributed by atoms with E-state index in [4.69, 9.17) is 47.4 Å². The molecule has 10 atom stereocenters. The van der Waals surface area contributed by atoms with Crippen molar-refractivity contribution in [1.29, 1.82) is 0 Å². The van der Waals surface area contributed by atoms with Crippen molar-refractivity contribution < 1.29 is 80.9 Å². The number of ether oxygens (including phenoxy) is 10. The summed E-state index contributed by atoms with van der Waals surface area (Å²) >= 11 is 1.12. The van der Waals surface area contributed by atoms with Crippen LogP contribution in [0.25, 0.3) is 0 Å². The van der Waals surface area contributed by atoms with Crippen molar-refractivity contribution >= 4 is 53.5 Å². The number of benzene rings is 1. The summed E-state index contributed by atoms with van der Waals surface area (Å²) in [6.45, 7) is 6.66. The van der Waals surface area contributed by atoms with E-state index in [0.29, 0.717) is 4.90 Å². The van der Waals surface area contributed by atoms with E-state index in [1.54, 1.807) is 30.3 Å². The largest absolute Gasteiger partial charge is 0.463 e. The average molecular weight is 729 g/mol. The van der Waals surface area contributed by atoms with E-state index in [9.17, 15) is 33.6 Å². The molecule has 2 saturated heterocycles. The molecule has 2 aliphatic rings. The van der Waals surface area contributed by atoms with Crippen LogP contribution in [0.3, 0.4) is 0 Å². The van der Waals surface area contributed by atoms with Crippen molar-refractivity contribution in [3.05, 3.63) is 30.3 Å². The first-order chi connectivity index (χ1) is 23.5. The number of rotatable bonds is 13. The number of carbonyl (C=O) groups is 7. The van der Waals surface area contributed by atoms with Crippen molar-refractivity contribution in [2.75, 3.05) is 13.2 Å². The number of hydrogen-bond donors (Lipinski definition) is 0. The fourth-order valence-corrected chi connectivity index (χ4v) is 6.33. The lowest BCUT2D eigenvalue weighted by Crippen LogP contribution is -2.66. The Balaban J connectivity index is 2.16. The topological polar surface area (TPSA) is 212 Å². The zero-order valence-corrected chi connectivity index (χ0v) is 29.2. The fraction of sp³-hybridized carbons (Fsp3) is 0.594. The monoisotopic (exact) mass is 728 g/mol. The van der Waals surface area contributed by atoms with Crippen molar-refractivity contribution in [1.82, 2.24) is 0 Å².